The number of hydrogen-bond acceptors (Lipinski definition) is 1. The number of benzene rings is 2. The van der Waals surface area contributed by atoms with Crippen LogP contribution < -0.4 is 0 Å². The minimum atomic E-state index is 0.354. The maximum absolute atomic E-state index is 6.45. The predicted octanol–water partition coefficient (Wildman–Crippen LogP) is 8.32. The van der Waals surface area contributed by atoms with Crippen LogP contribution in [0.5, 0.6) is 0 Å². The van der Waals surface area contributed by atoms with Crippen LogP contribution in [0.2, 0.25) is 10.3 Å². The number of unbranched alkanes of at least 4 members (excludes halogenated alkanes) is 7. The summed E-state index contributed by atoms with van der Waals surface area (Å²) in [4.78, 5) is 4.20. The Labute approximate surface area is 178 Å². The van der Waals surface area contributed by atoms with Crippen LogP contribution in [0.1, 0.15) is 69.4 Å². The fourth-order valence-corrected chi connectivity index (χ4v) is 4.37. The third-order valence-electron chi connectivity index (χ3n) is 5.51. The standard InChI is InChI=1S/C24H30Cl2N2/c1-3-4-5-6-7-8-9-10-15-21-20-14-12-11-13-19(20)16-18(2)22(21)28-17-27-23(25)24(28)26/h11-14,16-17H,3-10,15H2,1-2H3. The van der Waals surface area contributed by atoms with Gasteiger partial charge >= 0.3 is 0 Å². The molecule has 2 nitrogen and oxygen atoms in total. The second-order valence-corrected chi connectivity index (χ2v) is 8.38. The lowest BCUT2D eigenvalue weighted by Crippen LogP contribution is -2.03. The van der Waals surface area contributed by atoms with Gasteiger partial charge in [0.2, 0.25) is 0 Å². The van der Waals surface area contributed by atoms with Crippen LogP contribution in [0.3, 0.4) is 0 Å². The molecular weight excluding hydrogens is 387 g/mol. The van der Waals surface area contributed by atoms with Crippen molar-refractivity contribution in [1.29, 1.82) is 0 Å². The summed E-state index contributed by atoms with van der Waals surface area (Å²) in [6.07, 6.45) is 13.3. The fourth-order valence-electron chi connectivity index (χ4n) is 4.06. The molecule has 0 N–H and O–H groups in total. The average molecular weight is 417 g/mol. The van der Waals surface area contributed by atoms with Crippen molar-refractivity contribution in [3.05, 3.63) is 58.1 Å². The minimum absolute atomic E-state index is 0.354. The van der Waals surface area contributed by atoms with E-state index in [2.05, 4.69) is 49.2 Å². The first kappa shape index (κ1) is 21.2. The molecule has 150 valence electrons. The Morgan fingerprint density at radius 2 is 1.61 bits per heavy atom. The van der Waals surface area contributed by atoms with Gasteiger partial charge in [0.25, 0.3) is 0 Å². The molecule has 0 saturated carbocycles. The summed E-state index contributed by atoms with van der Waals surface area (Å²) < 4.78 is 1.94. The zero-order chi connectivity index (χ0) is 19.9. The van der Waals surface area contributed by atoms with Crippen LogP contribution in [0.4, 0.5) is 0 Å². The molecule has 28 heavy (non-hydrogen) atoms. The van der Waals surface area contributed by atoms with Crippen molar-refractivity contribution in [3.63, 3.8) is 0 Å². The average Bonchev–Trinajstić information content (AvgIpc) is 3.02. The molecule has 0 aliphatic heterocycles. The van der Waals surface area contributed by atoms with E-state index in [9.17, 15) is 0 Å². The van der Waals surface area contributed by atoms with E-state index in [0.29, 0.717) is 10.3 Å². The van der Waals surface area contributed by atoms with Crippen LogP contribution >= 0.6 is 23.2 Å². The van der Waals surface area contributed by atoms with E-state index in [0.717, 1.165) is 12.1 Å². The lowest BCUT2D eigenvalue weighted by atomic mass is 9.94. The summed E-state index contributed by atoms with van der Waals surface area (Å²) in [7, 11) is 0. The minimum Gasteiger partial charge on any atom is -0.288 e. The maximum atomic E-state index is 6.45. The van der Waals surface area contributed by atoms with Crippen LogP contribution in [0, 0.1) is 6.92 Å². The van der Waals surface area contributed by atoms with E-state index in [4.69, 9.17) is 23.2 Å². The number of imidazole rings is 1. The molecular formula is C24H30Cl2N2. The zero-order valence-electron chi connectivity index (χ0n) is 17.0. The van der Waals surface area contributed by atoms with Gasteiger partial charge in [-0.3, -0.25) is 4.57 Å². The summed E-state index contributed by atoms with van der Waals surface area (Å²) in [6.45, 7) is 4.41. The smallest absolute Gasteiger partial charge is 0.166 e. The normalized spacial score (nSPS) is 11.4. The van der Waals surface area contributed by atoms with Crippen molar-refractivity contribution in [2.24, 2.45) is 0 Å². The molecule has 4 heteroatoms. The molecule has 0 fully saturated rings. The van der Waals surface area contributed by atoms with Gasteiger partial charge in [-0.15, -0.1) is 0 Å². The van der Waals surface area contributed by atoms with Crippen molar-refractivity contribution in [2.45, 2.75) is 71.6 Å². The molecule has 0 spiro atoms. The van der Waals surface area contributed by atoms with Crippen molar-refractivity contribution >= 4 is 34.0 Å². The molecule has 2 aromatic carbocycles. The van der Waals surface area contributed by atoms with Crippen molar-refractivity contribution in [3.8, 4) is 5.69 Å². The van der Waals surface area contributed by atoms with Gasteiger partial charge in [-0.25, -0.2) is 4.98 Å². The lowest BCUT2D eigenvalue weighted by molar-refractivity contribution is 0.575. The molecule has 0 unspecified atom stereocenters. The first-order chi connectivity index (χ1) is 13.6. The molecule has 1 aromatic heterocycles. The lowest BCUT2D eigenvalue weighted by Gasteiger charge is -2.18. The van der Waals surface area contributed by atoms with Gasteiger partial charge in [-0.05, 0) is 47.7 Å². The predicted molar refractivity (Wildman–Crippen MR) is 122 cm³/mol. The van der Waals surface area contributed by atoms with Crippen molar-refractivity contribution in [1.82, 2.24) is 9.55 Å². The SMILES string of the molecule is CCCCCCCCCCc1c(-n2cnc(Cl)c2Cl)c(C)cc2ccccc12. The number of nitrogens with zero attached hydrogens (tertiary/aromatic N) is 2. The molecule has 0 atom stereocenters. The highest BCUT2D eigenvalue weighted by Crippen LogP contribution is 2.33. The molecule has 0 aliphatic rings. The highest BCUT2D eigenvalue weighted by Gasteiger charge is 2.16. The Kier molecular flexibility index (Phi) is 7.82. The van der Waals surface area contributed by atoms with Crippen LogP contribution in [-0.4, -0.2) is 9.55 Å². The quantitative estimate of drug-likeness (QED) is 0.303. The van der Waals surface area contributed by atoms with Crippen molar-refractivity contribution in [2.75, 3.05) is 0 Å². The fraction of sp³-hybridized carbons (Fsp3) is 0.458. The Balaban J connectivity index is 1.81. The molecule has 0 bridgehead atoms. The topological polar surface area (TPSA) is 17.8 Å². The highest BCUT2D eigenvalue weighted by molar-refractivity contribution is 6.40. The number of hydrogen-bond donors (Lipinski definition) is 0. The maximum Gasteiger partial charge on any atom is 0.166 e. The highest BCUT2D eigenvalue weighted by atomic mass is 35.5. The van der Waals surface area contributed by atoms with Crippen LogP contribution in [0.25, 0.3) is 16.5 Å². The largest absolute Gasteiger partial charge is 0.288 e. The van der Waals surface area contributed by atoms with Gasteiger partial charge in [0.05, 0.1) is 5.69 Å². The summed E-state index contributed by atoms with van der Waals surface area (Å²) >= 11 is 12.6. The van der Waals surface area contributed by atoms with E-state index in [1.807, 2.05) is 4.57 Å². The van der Waals surface area contributed by atoms with Crippen molar-refractivity contribution < 1.29 is 0 Å². The van der Waals surface area contributed by atoms with Gasteiger partial charge in [0.1, 0.15) is 6.33 Å². The van der Waals surface area contributed by atoms with E-state index in [1.165, 1.54) is 73.3 Å². The molecule has 3 rings (SSSR count). The molecule has 0 radical (unpaired) electrons. The summed E-state index contributed by atoms with van der Waals surface area (Å²) in [5, 5.41) is 3.41. The number of halogens is 2. The Morgan fingerprint density at radius 3 is 2.29 bits per heavy atom. The number of aromatic nitrogens is 2. The molecule has 1 heterocycles. The number of aryl methyl sites for hydroxylation is 2. The first-order valence-electron chi connectivity index (χ1n) is 10.5. The summed E-state index contributed by atoms with van der Waals surface area (Å²) in [5.41, 5.74) is 3.67. The first-order valence-corrected chi connectivity index (χ1v) is 11.3. The molecule has 3 aromatic rings. The van der Waals surface area contributed by atoms with Crippen LogP contribution in [-0.2, 0) is 6.42 Å². The Bertz CT molecular complexity index is 914. The second-order valence-electron chi connectivity index (χ2n) is 7.66. The monoisotopic (exact) mass is 416 g/mol. The Hall–Kier alpha value is -1.51. The van der Waals surface area contributed by atoms with E-state index >= 15 is 0 Å². The van der Waals surface area contributed by atoms with Gasteiger partial charge in [-0.1, -0.05) is 99.3 Å². The van der Waals surface area contributed by atoms with Gasteiger partial charge in [-0.2, -0.15) is 0 Å². The third kappa shape index (κ3) is 4.90. The number of fused-ring (bicyclic) bond motifs is 1. The summed E-state index contributed by atoms with van der Waals surface area (Å²) in [5.74, 6) is 0. The van der Waals surface area contributed by atoms with Gasteiger partial charge < -0.3 is 0 Å². The molecule has 0 saturated heterocycles. The van der Waals surface area contributed by atoms with E-state index in [-0.39, 0.29) is 0 Å². The third-order valence-corrected chi connectivity index (χ3v) is 6.24. The summed E-state index contributed by atoms with van der Waals surface area (Å²) in [6, 6.07) is 10.8. The van der Waals surface area contributed by atoms with Gasteiger partial charge in [0, 0.05) is 0 Å². The zero-order valence-corrected chi connectivity index (χ0v) is 18.5. The van der Waals surface area contributed by atoms with Crippen LogP contribution in [0.15, 0.2) is 36.7 Å². The molecule has 0 aliphatic carbocycles. The second kappa shape index (κ2) is 10.3. The van der Waals surface area contributed by atoms with E-state index < -0.39 is 0 Å². The molecule has 0 amide bonds. The van der Waals surface area contributed by atoms with Gasteiger partial charge in [0.15, 0.2) is 10.3 Å². The Morgan fingerprint density at radius 1 is 0.929 bits per heavy atom. The van der Waals surface area contributed by atoms with E-state index in [1.54, 1.807) is 6.33 Å². The number of rotatable bonds is 10.